The fourth-order valence-corrected chi connectivity index (χ4v) is 5.93. The zero-order valence-electron chi connectivity index (χ0n) is 15.4. The van der Waals surface area contributed by atoms with Gasteiger partial charge in [-0.3, -0.25) is 9.80 Å². The van der Waals surface area contributed by atoms with Gasteiger partial charge in [0.15, 0.2) is 0 Å². The minimum absolute atomic E-state index is 0.372. The van der Waals surface area contributed by atoms with Crippen LogP contribution in [0.4, 0.5) is 0 Å². The van der Waals surface area contributed by atoms with Gasteiger partial charge in [-0.25, -0.2) is 0 Å². The summed E-state index contributed by atoms with van der Waals surface area (Å²) in [6.07, 6.45) is 5.44. The average Bonchev–Trinajstić information content (AvgIpc) is 3.24. The normalized spacial score (nSPS) is 28.1. The summed E-state index contributed by atoms with van der Waals surface area (Å²) in [7, 11) is 0. The fourth-order valence-electron chi connectivity index (χ4n) is 5.81. The topological polar surface area (TPSA) is 22.3 Å². The molecule has 0 saturated carbocycles. The summed E-state index contributed by atoms with van der Waals surface area (Å²) < 4.78 is 0. The van der Waals surface area contributed by atoms with Crippen molar-refractivity contribution in [2.24, 2.45) is 0 Å². The molecule has 0 aliphatic carbocycles. The molecule has 3 nitrogen and oxygen atoms in total. The van der Waals surface area contributed by atoms with E-state index in [0.29, 0.717) is 18.2 Å². The lowest BCUT2D eigenvalue weighted by molar-refractivity contribution is 0.0977. The van der Waals surface area contributed by atoms with E-state index in [4.69, 9.17) is 11.6 Å². The van der Waals surface area contributed by atoms with Crippen molar-refractivity contribution in [3.05, 3.63) is 70.4 Å². The third-order valence-corrected chi connectivity index (χ3v) is 7.12. The Hall–Kier alpha value is -1.81. The zero-order chi connectivity index (χ0) is 18.0. The van der Waals surface area contributed by atoms with E-state index in [1.807, 2.05) is 12.1 Å². The molecule has 2 saturated heterocycles. The second-order valence-electron chi connectivity index (χ2n) is 8.22. The predicted molar refractivity (Wildman–Crippen MR) is 110 cm³/mol. The van der Waals surface area contributed by atoms with Crippen LogP contribution >= 0.6 is 11.6 Å². The quantitative estimate of drug-likeness (QED) is 0.622. The lowest BCUT2D eigenvalue weighted by atomic mass is 9.90. The molecule has 0 spiro atoms. The Balaban J connectivity index is 1.49. The predicted octanol–water partition coefficient (Wildman–Crippen LogP) is 5.29. The van der Waals surface area contributed by atoms with Crippen LogP contribution in [0, 0.1) is 0 Å². The molecule has 3 aliphatic heterocycles. The summed E-state index contributed by atoms with van der Waals surface area (Å²) in [5.74, 6) is 0. The molecule has 0 radical (unpaired) electrons. The van der Waals surface area contributed by atoms with Crippen LogP contribution in [0.25, 0.3) is 10.9 Å². The van der Waals surface area contributed by atoms with Crippen LogP contribution in [-0.2, 0) is 6.42 Å². The van der Waals surface area contributed by atoms with Crippen molar-refractivity contribution >= 4 is 22.5 Å². The highest BCUT2D eigenvalue weighted by Crippen LogP contribution is 2.51. The molecule has 4 heterocycles. The highest BCUT2D eigenvalue weighted by Gasteiger charge is 2.51. The fraction of sp³-hybridized carbons (Fsp3) is 0.391. The van der Waals surface area contributed by atoms with Gasteiger partial charge in [0, 0.05) is 40.8 Å². The first-order valence-corrected chi connectivity index (χ1v) is 10.6. The lowest BCUT2D eigenvalue weighted by Gasteiger charge is -2.35. The number of piperidine rings is 1. The van der Waals surface area contributed by atoms with Gasteiger partial charge in [-0.05, 0) is 48.6 Å². The number of nitrogens with one attached hydrogen (secondary N) is 1. The highest BCUT2D eigenvalue weighted by atomic mass is 35.5. The Morgan fingerprint density at radius 2 is 1.78 bits per heavy atom. The molecule has 27 heavy (non-hydrogen) atoms. The number of H-pyrrole nitrogens is 1. The van der Waals surface area contributed by atoms with E-state index < -0.39 is 0 Å². The molecule has 138 valence electrons. The maximum atomic E-state index is 6.17. The lowest BCUT2D eigenvalue weighted by Crippen LogP contribution is -2.38. The van der Waals surface area contributed by atoms with Crippen molar-refractivity contribution in [3.63, 3.8) is 0 Å². The molecule has 6 rings (SSSR count). The molecule has 4 heteroatoms. The minimum atomic E-state index is 0.372. The first-order chi connectivity index (χ1) is 13.3. The second kappa shape index (κ2) is 6.10. The molecular formula is C23H24ClN3. The Morgan fingerprint density at radius 3 is 2.67 bits per heavy atom. The summed E-state index contributed by atoms with van der Waals surface area (Å²) in [5, 5.41) is 2.24. The number of fused-ring (bicyclic) bond motifs is 7. The molecule has 1 aromatic heterocycles. The Morgan fingerprint density at radius 1 is 0.926 bits per heavy atom. The van der Waals surface area contributed by atoms with Crippen molar-refractivity contribution < 1.29 is 0 Å². The molecule has 3 atom stereocenters. The van der Waals surface area contributed by atoms with Crippen molar-refractivity contribution in [1.82, 2.24) is 14.8 Å². The van der Waals surface area contributed by atoms with E-state index in [2.05, 4.69) is 51.2 Å². The summed E-state index contributed by atoms with van der Waals surface area (Å²) in [4.78, 5) is 9.32. The molecule has 2 fully saturated rings. The number of aromatic amines is 1. The van der Waals surface area contributed by atoms with E-state index in [9.17, 15) is 0 Å². The van der Waals surface area contributed by atoms with Crippen LogP contribution in [0.2, 0.25) is 5.02 Å². The molecule has 0 bridgehead atoms. The number of aromatic nitrogens is 1. The van der Waals surface area contributed by atoms with Gasteiger partial charge in [-0.1, -0.05) is 48.4 Å². The Bertz CT molecular complexity index is 993. The van der Waals surface area contributed by atoms with Crippen molar-refractivity contribution in [2.45, 2.75) is 43.9 Å². The molecular weight excluding hydrogens is 354 g/mol. The Kier molecular flexibility index (Phi) is 3.65. The monoisotopic (exact) mass is 377 g/mol. The number of nitrogens with zero attached hydrogens (tertiary/aromatic N) is 2. The van der Waals surface area contributed by atoms with Gasteiger partial charge < -0.3 is 4.98 Å². The van der Waals surface area contributed by atoms with E-state index in [1.165, 1.54) is 48.0 Å². The van der Waals surface area contributed by atoms with E-state index in [-0.39, 0.29) is 0 Å². The number of para-hydroxylation sites is 1. The third kappa shape index (κ3) is 2.35. The van der Waals surface area contributed by atoms with Crippen LogP contribution in [0.1, 0.15) is 48.3 Å². The molecule has 1 N–H and O–H groups in total. The van der Waals surface area contributed by atoms with Crippen LogP contribution in [0.5, 0.6) is 0 Å². The van der Waals surface area contributed by atoms with Gasteiger partial charge in [0.2, 0.25) is 0 Å². The van der Waals surface area contributed by atoms with Gasteiger partial charge >= 0.3 is 0 Å². The van der Waals surface area contributed by atoms with Crippen molar-refractivity contribution in [1.29, 1.82) is 0 Å². The van der Waals surface area contributed by atoms with Gasteiger partial charge in [-0.15, -0.1) is 0 Å². The van der Waals surface area contributed by atoms with Gasteiger partial charge in [0.1, 0.15) is 0 Å². The van der Waals surface area contributed by atoms with Crippen LogP contribution < -0.4 is 0 Å². The maximum absolute atomic E-state index is 6.17. The molecule has 3 aliphatic rings. The molecule has 0 amide bonds. The Labute approximate surface area is 164 Å². The minimum Gasteiger partial charge on any atom is -0.357 e. The van der Waals surface area contributed by atoms with Crippen molar-refractivity contribution in [3.8, 4) is 0 Å². The molecule has 0 unspecified atom stereocenters. The van der Waals surface area contributed by atoms with Crippen molar-refractivity contribution in [2.75, 3.05) is 13.1 Å². The van der Waals surface area contributed by atoms with Gasteiger partial charge in [0.25, 0.3) is 0 Å². The summed E-state index contributed by atoms with van der Waals surface area (Å²) >= 11 is 6.17. The maximum Gasteiger partial charge on any atom is 0.0895 e. The van der Waals surface area contributed by atoms with E-state index in [1.54, 1.807) is 5.56 Å². The highest BCUT2D eigenvalue weighted by molar-refractivity contribution is 6.30. The first kappa shape index (κ1) is 16.2. The number of hydrogen-bond acceptors (Lipinski definition) is 2. The molecule has 3 aromatic rings. The van der Waals surface area contributed by atoms with Gasteiger partial charge in [0.05, 0.1) is 12.2 Å². The largest absolute Gasteiger partial charge is 0.357 e. The SMILES string of the molecule is Clc1ccc([C@H]2N3CCCC[C@@H]3[C@@H]3c4[nH]c5ccccc5c4CCN23)cc1. The third-order valence-electron chi connectivity index (χ3n) is 6.87. The molecule has 2 aromatic carbocycles. The van der Waals surface area contributed by atoms with Gasteiger partial charge in [-0.2, -0.15) is 0 Å². The number of halogens is 1. The summed E-state index contributed by atoms with van der Waals surface area (Å²) in [6.45, 7) is 2.32. The summed E-state index contributed by atoms with van der Waals surface area (Å²) in [5.41, 5.74) is 5.69. The standard InChI is InChI=1S/C23H24ClN3/c24-16-10-8-15(9-11-16)23-26-13-4-3-7-20(26)22-21-18(12-14-27(22)23)17-5-1-2-6-19(17)25-21/h1-2,5-6,8-11,20,22-23,25H,3-4,7,12-14H2/t20-,22-,23+/m1/s1. The smallest absolute Gasteiger partial charge is 0.0895 e. The first-order valence-electron chi connectivity index (χ1n) is 10.2. The van der Waals surface area contributed by atoms with E-state index >= 15 is 0 Å². The van der Waals surface area contributed by atoms with Crippen LogP contribution in [-0.4, -0.2) is 33.9 Å². The number of benzene rings is 2. The number of rotatable bonds is 1. The summed E-state index contributed by atoms with van der Waals surface area (Å²) in [6, 6.07) is 18.4. The number of hydrogen-bond donors (Lipinski definition) is 1. The average molecular weight is 378 g/mol. The second-order valence-corrected chi connectivity index (χ2v) is 8.66. The van der Waals surface area contributed by atoms with Crippen LogP contribution in [0.15, 0.2) is 48.5 Å². The zero-order valence-corrected chi connectivity index (χ0v) is 16.1. The van der Waals surface area contributed by atoms with Crippen LogP contribution in [0.3, 0.4) is 0 Å². The van der Waals surface area contributed by atoms with E-state index in [0.717, 1.165) is 18.0 Å².